The van der Waals surface area contributed by atoms with E-state index < -0.39 is 0 Å². The van der Waals surface area contributed by atoms with Crippen LogP contribution in [0.5, 0.6) is 0 Å². The Labute approximate surface area is 138 Å². The van der Waals surface area contributed by atoms with Crippen LogP contribution < -0.4 is 5.69 Å². The van der Waals surface area contributed by atoms with E-state index >= 15 is 0 Å². The second-order valence-electron chi connectivity index (χ2n) is 5.71. The van der Waals surface area contributed by atoms with E-state index in [2.05, 4.69) is 27.9 Å². The number of benzene rings is 2. The summed E-state index contributed by atoms with van der Waals surface area (Å²) < 4.78 is 0. The third-order valence-corrected chi connectivity index (χ3v) is 4.13. The summed E-state index contributed by atoms with van der Waals surface area (Å²) in [7, 11) is 0. The number of rotatable bonds is 2. The van der Waals surface area contributed by atoms with Crippen molar-refractivity contribution in [1.29, 1.82) is 0 Å². The van der Waals surface area contributed by atoms with Gasteiger partial charge in [-0.15, -0.1) is 0 Å². The van der Waals surface area contributed by atoms with Crippen LogP contribution in [-0.4, -0.2) is 15.0 Å². The van der Waals surface area contributed by atoms with Crippen LogP contribution >= 0.6 is 0 Å². The maximum Gasteiger partial charge on any atom is 0.345 e. The molecule has 4 nitrogen and oxygen atoms in total. The van der Waals surface area contributed by atoms with Gasteiger partial charge in [-0.25, -0.2) is 4.79 Å². The largest absolute Gasteiger partial charge is 0.345 e. The zero-order valence-electron chi connectivity index (χ0n) is 13.2. The fourth-order valence-corrected chi connectivity index (χ4v) is 2.90. The Morgan fingerprint density at radius 1 is 0.958 bits per heavy atom. The van der Waals surface area contributed by atoms with Gasteiger partial charge in [-0.1, -0.05) is 36.4 Å². The summed E-state index contributed by atoms with van der Waals surface area (Å²) in [6.07, 6.45) is 3.64. The molecule has 0 bridgehead atoms. The molecule has 0 unspecified atom stereocenters. The van der Waals surface area contributed by atoms with Crippen molar-refractivity contribution in [3.63, 3.8) is 0 Å². The van der Waals surface area contributed by atoms with Gasteiger partial charge in [0.15, 0.2) is 0 Å². The highest BCUT2D eigenvalue weighted by atomic mass is 16.1. The van der Waals surface area contributed by atoms with Gasteiger partial charge >= 0.3 is 5.69 Å². The predicted molar refractivity (Wildman–Crippen MR) is 95.8 cm³/mol. The number of nitrogens with one attached hydrogen (secondary N) is 1. The molecule has 2 heterocycles. The molecule has 4 aromatic rings. The maximum absolute atomic E-state index is 11.9. The Balaban J connectivity index is 2.01. The van der Waals surface area contributed by atoms with Crippen molar-refractivity contribution >= 4 is 10.9 Å². The number of H-pyrrole nitrogens is 1. The fraction of sp³-hybridized carbons (Fsp3) is 0.0500. The Bertz CT molecular complexity index is 1080. The molecule has 1 N–H and O–H groups in total. The summed E-state index contributed by atoms with van der Waals surface area (Å²) in [5.74, 6) is 0. The van der Waals surface area contributed by atoms with Crippen molar-refractivity contribution in [3.8, 4) is 22.4 Å². The Morgan fingerprint density at radius 3 is 2.58 bits per heavy atom. The van der Waals surface area contributed by atoms with Crippen LogP contribution in [0.1, 0.15) is 5.56 Å². The molecule has 4 heteroatoms. The standard InChI is InChI=1S/C20H15N3O/c1-13-9-10-21-12-17(13)15-7-8-18-16(11-15)19(23-20(24)22-18)14-5-3-2-4-6-14/h2-12H,1H3,(H,22,23,24). The number of pyridine rings is 1. The Hall–Kier alpha value is -3.27. The van der Waals surface area contributed by atoms with E-state index in [4.69, 9.17) is 0 Å². The summed E-state index contributed by atoms with van der Waals surface area (Å²) >= 11 is 0. The van der Waals surface area contributed by atoms with E-state index in [9.17, 15) is 4.79 Å². The molecule has 0 fully saturated rings. The molecule has 0 radical (unpaired) electrons. The summed E-state index contributed by atoms with van der Waals surface area (Å²) in [4.78, 5) is 23.1. The molecular formula is C20H15N3O. The van der Waals surface area contributed by atoms with Crippen molar-refractivity contribution < 1.29 is 0 Å². The van der Waals surface area contributed by atoms with Crippen LogP contribution in [0.4, 0.5) is 0 Å². The minimum absolute atomic E-state index is 0.341. The van der Waals surface area contributed by atoms with Gasteiger partial charge in [-0.2, -0.15) is 4.98 Å². The van der Waals surface area contributed by atoms with Gasteiger partial charge in [0.25, 0.3) is 0 Å². The summed E-state index contributed by atoms with van der Waals surface area (Å²) in [5.41, 5.74) is 5.34. The van der Waals surface area contributed by atoms with Crippen molar-refractivity contribution in [3.05, 3.63) is 83.0 Å². The van der Waals surface area contributed by atoms with E-state index in [-0.39, 0.29) is 5.69 Å². The van der Waals surface area contributed by atoms with Crippen LogP contribution in [-0.2, 0) is 0 Å². The first-order chi connectivity index (χ1) is 11.7. The highest BCUT2D eigenvalue weighted by molar-refractivity contribution is 5.95. The average molecular weight is 313 g/mol. The van der Waals surface area contributed by atoms with Gasteiger partial charge in [0.2, 0.25) is 0 Å². The predicted octanol–water partition coefficient (Wildman–Crippen LogP) is 3.96. The van der Waals surface area contributed by atoms with Crippen molar-refractivity contribution in [2.45, 2.75) is 6.92 Å². The lowest BCUT2D eigenvalue weighted by Crippen LogP contribution is -2.11. The van der Waals surface area contributed by atoms with Crippen LogP contribution in [0.2, 0.25) is 0 Å². The Kier molecular flexibility index (Phi) is 3.43. The van der Waals surface area contributed by atoms with E-state index in [1.54, 1.807) is 6.20 Å². The highest BCUT2D eigenvalue weighted by Crippen LogP contribution is 2.29. The molecule has 0 aliphatic heterocycles. The van der Waals surface area contributed by atoms with Gasteiger partial charge in [0.1, 0.15) is 0 Å². The van der Waals surface area contributed by atoms with E-state index in [1.807, 2.05) is 54.7 Å². The second kappa shape index (κ2) is 5.74. The van der Waals surface area contributed by atoms with Gasteiger partial charge in [-0.3, -0.25) is 4.98 Å². The van der Waals surface area contributed by atoms with Gasteiger partial charge in [0, 0.05) is 28.9 Å². The quantitative estimate of drug-likeness (QED) is 0.609. The lowest BCUT2D eigenvalue weighted by molar-refractivity contribution is 1.12. The van der Waals surface area contributed by atoms with E-state index in [1.165, 1.54) is 0 Å². The normalized spacial score (nSPS) is 10.9. The van der Waals surface area contributed by atoms with Crippen molar-refractivity contribution in [2.24, 2.45) is 0 Å². The minimum Gasteiger partial charge on any atom is -0.305 e. The topological polar surface area (TPSA) is 58.6 Å². The van der Waals surface area contributed by atoms with Crippen LogP contribution in [0.25, 0.3) is 33.3 Å². The minimum atomic E-state index is -0.341. The highest BCUT2D eigenvalue weighted by Gasteiger charge is 2.10. The average Bonchev–Trinajstić information content (AvgIpc) is 2.62. The molecule has 0 saturated carbocycles. The first-order valence-corrected chi connectivity index (χ1v) is 7.73. The van der Waals surface area contributed by atoms with Crippen LogP contribution in [0, 0.1) is 6.92 Å². The van der Waals surface area contributed by atoms with Gasteiger partial charge in [0.05, 0.1) is 11.2 Å². The molecule has 4 rings (SSSR count). The summed E-state index contributed by atoms with van der Waals surface area (Å²) in [6.45, 7) is 2.06. The van der Waals surface area contributed by atoms with Gasteiger partial charge < -0.3 is 4.98 Å². The van der Waals surface area contributed by atoms with E-state index in [0.717, 1.165) is 33.2 Å². The van der Waals surface area contributed by atoms with Crippen LogP contribution in [0.15, 0.2) is 71.8 Å². The van der Waals surface area contributed by atoms with Gasteiger partial charge in [-0.05, 0) is 36.2 Å². The maximum atomic E-state index is 11.9. The molecule has 0 aliphatic carbocycles. The smallest absolute Gasteiger partial charge is 0.305 e. The number of nitrogens with zero attached hydrogens (tertiary/aromatic N) is 2. The molecule has 24 heavy (non-hydrogen) atoms. The number of aromatic amines is 1. The Morgan fingerprint density at radius 2 is 1.79 bits per heavy atom. The molecular weight excluding hydrogens is 298 g/mol. The molecule has 0 amide bonds. The number of fused-ring (bicyclic) bond motifs is 1. The first-order valence-electron chi connectivity index (χ1n) is 7.73. The molecule has 2 aromatic carbocycles. The molecule has 0 saturated heterocycles. The zero-order valence-corrected chi connectivity index (χ0v) is 13.2. The fourth-order valence-electron chi connectivity index (χ4n) is 2.90. The summed E-state index contributed by atoms with van der Waals surface area (Å²) in [6, 6.07) is 17.7. The third kappa shape index (κ3) is 2.48. The monoisotopic (exact) mass is 313 g/mol. The molecule has 116 valence electrons. The molecule has 2 aromatic heterocycles. The lowest BCUT2D eigenvalue weighted by Gasteiger charge is -2.09. The SMILES string of the molecule is Cc1ccncc1-c1ccc2[nH]c(=O)nc(-c3ccccc3)c2c1. The number of aromatic nitrogens is 3. The van der Waals surface area contributed by atoms with Crippen molar-refractivity contribution in [2.75, 3.05) is 0 Å². The van der Waals surface area contributed by atoms with Crippen LogP contribution in [0.3, 0.4) is 0 Å². The van der Waals surface area contributed by atoms with E-state index in [0.29, 0.717) is 5.69 Å². The summed E-state index contributed by atoms with van der Waals surface area (Å²) in [5, 5.41) is 0.918. The third-order valence-electron chi connectivity index (χ3n) is 4.13. The molecule has 0 spiro atoms. The zero-order chi connectivity index (χ0) is 16.5. The molecule has 0 atom stereocenters. The second-order valence-corrected chi connectivity index (χ2v) is 5.71. The number of aryl methyl sites for hydroxylation is 1. The van der Waals surface area contributed by atoms with Crippen molar-refractivity contribution in [1.82, 2.24) is 15.0 Å². The lowest BCUT2D eigenvalue weighted by atomic mass is 9.99. The number of hydrogen-bond donors (Lipinski definition) is 1. The molecule has 0 aliphatic rings. The number of hydrogen-bond acceptors (Lipinski definition) is 3. The first kappa shape index (κ1) is 14.3.